The maximum Gasteiger partial charge on any atom is 0.293 e. The first kappa shape index (κ1) is 19.7. The fraction of sp³-hybridized carbons (Fsp3) is 0.316. The third-order valence-corrected chi connectivity index (χ3v) is 7.46. The van der Waals surface area contributed by atoms with Gasteiger partial charge < -0.3 is 4.90 Å². The summed E-state index contributed by atoms with van der Waals surface area (Å²) in [6.45, 7) is 2.15. The van der Waals surface area contributed by atoms with Crippen LogP contribution >= 0.6 is 11.3 Å². The van der Waals surface area contributed by atoms with Crippen molar-refractivity contribution in [1.29, 1.82) is 0 Å². The Labute approximate surface area is 171 Å². The van der Waals surface area contributed by atoms with E-state index in [4.69, 9.17) is 0 Å². The topological polar surface area (TPSA) is 85.2 Å². The van der Waals surface area contributed by atoms with Gasteiger partial charge in [-0.3, -0.25) is 4.79 Å². The van der Waals surface area contributed by atoms with Crippen LogP contribution in [0.3, 0.4) is 0 Å². The summed E-state index contributed by atoms with van der Waals surface area (Å²) in [7, 11) is -3.13. The van der Waals surface area contributed by atoms with E-state index in [0.29, 0.717) is 24.5 Å². The Hall–Kier alpha value is -2.59. The highest BCUT2D eigenvalue weighted by Crippen LogP contribution is 2.27. The predicted molar refractivity (Wildman–Crippen MR) is 108 cm³/mol. The van der Waals surface area contributed by atoms with Crippen LogP contribution in [0.5, 0.6) is 0 Å². The fourth-order valence-electron chi connectivity index (χ4n) is 3.47. The molecule has 1 unspecified atom stereocenters. The highest BCUT2D eigenvalue weighted by atomic mass is 32.2. The van der Waals surface area contributed by atoms with E-state index in [1.165, 1.54) is 33.1 Å². The lowest BCUT2D eigenvalue weighted by Gasteiger charge is -2.25. The summed E-state index contributed by atoms with van der Waals surface area (Å²) >= 11 is 1.43. The standard InChI is InChI=1S/C19H19FN4O3S2/c1-2-23(15-8-10-29(26,27)12-15)19(25)17-21-18(16-7-4-9-28-16)24(22-17)14-6-3-5-13(20)11-14/h3-7,9,11,15H,2,8,10,12H2,1H3. The lowest BCUT2D eigenvalue weighted by molar-refractivity contribution is 0.0696. The van der Waals surface area contributed by atoms with Crippen LogP contribution in [0.25, 0.3) is 16.4 Å². The fourth-order valence-corrected chi connectivity index (χ4v) is 5.90. The number of hydrogen-bond donors (Lipinski definition) is 0. The van der Waals surface area contributed by atoms with Gasteiger partial charge in [-0.1, -0.05) is 12.1 Å². The average molecular weight is 435 g/mol. The molecule has 0 spiro atoms. The second kappa shape index (κ2) is 7.68. The average Bonchev–Trinajstić information content (AvgIpc) is 3.41. The molecule has 0 radical (unpaired) electrons. The molecule has 3 aromatic rings. The highest BCUT2D eigenvalue weighted by molar-refractivity contribution is 7.91. The highest BCUT2D eigenvalue weighted by Gasteiger charge is 2.35. The van der Waals surface area contributed by atoms with Crippen molar-refractivity contribution in [3.63, 3.8) is 0 Å². The Balaban J connectivity index is 1.74. The number of rotatable bonds is 5. The van der Waals surface area contributed by atoms with Crippen LogP contribution in [0.4, 0.5) is 4.39 Å². The van der Waals surface area contributed by atoms with Gasteiger partial charge in [0, 0.05) is 12.6 Å². The van der Waals surface area contributed by atoms with E-state index in [1.807, 2.05) is 17.5 Å². The van der Waals surface area contributed by atoms with Gasteiger partial charge >= 0.3 is 0 Å². The quantitative estimate of drug-likeness (QED) is 0.616. The van der Waals surface area contributed by atoms with Crippen molar-refractivity contribution in [3.05, 3.63) is 53.4 Å². The van der Waals surface area contributed by atoms with Gasteiger partial charge in [-0.2, -0.15) is 0 Å². The van der Waals surface area contributed by atoms with Gasteiger partial charge in [0.2, 0.25) is 5.82 Å². The Kier molecular flexibility index (Phi) is 5.22. The van der Waals surface area contributed by atoms with Crippen molar-refractivity contribution in [2.24, 2.45) is 0 Å². The van der Waals surface area contributed by atoms with E-state index in [9.17, 15) is 17.6 Å². The molecule has 3 heterocycles. The van der Waals surface area contributed by atoms with Crippen LogP contribution in [0, 0.1) is 5.82 Å². The first-order chi connectivity index (χ1) is 13.9. The van der Waals surface area contributed by atoms with Crippen LogP contribution in [-0.4, -0.2) is 58.1 Å². The molecule has 0 aliphatic carbocycles. The zero-order valence-corrected chi connectivity index (χ0v) is 17.3. The van der Waals surface area contributed by atoms with Gasteiger partial charge in [0.1, 0.15) is 5.82 Å². The molecule has 1 aromatic carbocycles. The smallest absolute Gasteiger partial charge is 0.293 e. The number of thiophene rings is 1. The molecule has 29 heavy (non-hydrogen) atoms. The first-order valence-electron chi connectivity index (χ1n) is 9.16. The molecule has 10 heteroatoms. The molecule has 4 rings (SSSR count). The summed E-state index contributed by atoms with van der Waals surface area (Å²) in [5, 5.41) is 6.24. The number of hydrogen-bond acceptors (Lipinski definition) is 6. The molecule has 2 aromatic heterocycles. The van der Waals surface area contributed by atoms with Crippen molar-refractivity contribution in [2.45, 2.75) is 19.4 Å². The minimum absolute atomic E-state index is 0.0381. The van der Waals surface area contributed by atoms with Crippen molar-refractivity contribution < 1.29 is 17.6 Å². The van der Waals surface area contributed by atoms with Gasteiger partial charge in [0.15, 0.2) is 15.7 Å². The van der Waals surface area contributed by atoms with Crippen molar-refractivity contribution >= 4 is 27.1 Å². The lowest BCUT2D eigenvalue weighted by atomic mass is 10.2. The largest absolute Gasteiger partial charge is 0.332 e. The summed E-state index contributed by atoms with van der Waals surface area (Å²) in [5.74, 6) is -0.424. The van der Waals surface area contributed by atoms with Crippen LogP contribution in [0.2, 0.25) is 0 Å². The van der Waals surface area contributed by atoms with E-state index in [2.05, 4.69) is 10.1 Å². The third kappa shape index (κ3) is 3.95. The number of benzene rings is 1. The number of amides is 1. The Morgan fingerprint density at radius 1 is 1.34 bits per heavy atom. The van der Waals surface area contributed by atoms with Gasteiger partial charge in [-0.05, 0) is 43.0 Å². The normalized spacial score (nSPS) is 18.1. The second-order valence-electron chi connectivity index (χ2n) is 6.78. The number of carbonyl (C=O) groups is 1. The van der Waals surface area contributed by atoms with Gasteiger partial charge in [0.05, 0.1) is 22.1 Å². The molecule has 1 aliphatic rings. The van der Waals surface area contributed by atoms with Crippen LogP contribution in [0.1, 0.15) is 24.0 Å². The molecule has 1 saturated heterocycles. The Bertz CT molecular complexity index is 1140. The van der Waals surface area contributed by atoms with Crippen LogP contribution in [-0.2, 0) is 9.84 Å². The molecule has 0 saturated carbocycles. The molecule has 1 aliphatic heterocycles. The number of aromatic nitrogens is 3. The van der Waals surface area contributed by atoms with Gasteiger partial charge in [0.25, 0.3) is 5.91 Å². The van der Waals surface area contributed by atoms with E-state index in [1.54, 1.807) is 19.1 Å². The van der Waals surface area contributed by atoms with E-state index in [-0.39, 0.29) is 23.4 Å². The second-order valence-corrected chi connectivity index (χ2v) is 9.95. The Morgan fingerprint density at radius 2 is 2.17 bits per heavy atom. The van der Waals surface area contributed by atoms with E-state index >= 15 is 0 Å². The van der Waals surface area contributed by atoms with E-state index < -0.39 is 21.6 Å². The minimum Gasteiger partial charge on any atom is -0.332 e. The van der Waals surface area contributed by atoms with Crippen molar-refractivity contribution in [3.8, 4) is 16.4 Å². The van der Waals surface area contributed by atoms with Crippen LogP contribution in [0.15, 0.2) is 41.8 Å². The molecule has 0 N–H and O–H groups in total. The zero-order chi connectivity index (χ0) is 20.6. The summed E-state index contributed by atoms with van der Waals surface area (Å²) in [6, 6.07) is 9.22. The molecule has 7 nitrogen and oxygen atoms in total. The van der Waals surface area contributed by atoms with Gasteiger partial charge in [-0.15, -0.1) is 16.4 Å². The van der Waals surface area contributed by atoms with Gasteiger partial charge in [-0.25, -0.2) is 22.5 Å². The Morgan fingerprint density at radius 3 is 2.79 bits per heavy atom. The summed E-state index contributed by atoms with van der Waals surface area (Å²) < 4.78 is 38.9. The summed E-state index contributed by atoms with van der Waals surface area (Å²) in [4.78, 5) is 19.9. The maximum atomic E-state index is 13.8. The molecule has 1 amide bonds. The molecule has 0 bridgehead atoms. The molecular formula is C19H19FN4O3S2. The number of carbonyl (C=O) groups excluding carboxylic acids is 1. The number of nitrogens with zero attached hydrogens (tertiary/aromatic N) is 4. The van der Waals surface area contributed by atoms with Crippen molar-refractivity contribution in [1.82, 2.24) is 19.7 Å². The monoisotopic (exact) mass is 434 g/mol. The number of halogens is 1. The zero-order valence-electron chi connectivity index (χ0n) is 15.7. The summed E-state index contributed by atoms with van der Waals surface area (Å²) in [6.07, 6.45) is 0.407. The van der Waals surface area contributed by atoms with Crippen molar-refractivity contribution in [2.75, 3.05) is 18.1 Å². The first-order valence-corrected chi connectivity index (χ1v) is 11.9. The minimum atomic E-state index is -3.13. The SMILES string of the molecule is CCN(C(=O)c1nc(-c2cccs2)n(-c2cccc(F)c2)n1)C1CCS(=O)(=O)C1. The predicted octanol–water partition coefficient (Wildman–Crippen LogP) is 2.78. The maximum absolute atomic E-state index is 13.8. The van der Waals surface area contributed by atoms with E-state index in [0.717, 1.165) is 4.88 Å². The lowest BCUT2D eigenvalue weighted by Crippen LogP contribution is -2.41. The third-order valence-electron chi connectivity index (χ3n) is 4.84. The molecule has 1 atom stereocenters. The number of sulfone groups is 1. The molecular weight excluding hydrogens is 415 g/mol. The molecule has 152 valence electrons. The summed E-state index contributed by atoms with van der Waals surface area (Å²) in [5.41, 5.74) is 0.450. The molecule has 1 fully saturated rings. The van der Waals surface area contributed by atoms with Crippen LogP contribution < -0.4 is 0 Å².